The van der Waals surface area contributed by atoms with Crippen LogP contribution in [0.4, 0.5) is 5.82 Å². The van der Waals surface area contributed by atoms with Gasteiger partial charge in [0.1, 0.15) is 5.82 Å². The Morgan fingerprint density at radius 1 is 0.964 bits per heavy atom. The number of aromatic nitrogens is 2. The summed E-state index contributed by atoms with van der Waals surface area (Å²) in [6, 6.07) is 16.3. The van der Waals surface area contributed by atoms with Crippen LogP contribution in [0.3, 0.4) is 0 Å². The molecule has 0 N–H and O–H groups in total. The fourth-order valence-corrected chi connectivity index (χ4v) is 4.89. The van der Waals surface area contributed by atoms with Gasteiger partial charge in [-0.05, 0) is 36.8 Å². The van der Waals surface area contributed by atoms with Gasteiger partial charge in [0.15, 0.2) is 5.82 Å². The van der Waals surface area contributed by atoms with Crippen LogP contribution in [0.2, 0.25) is 5.02 Å². The molecular formula is C22H20ClN3OS. The first-order valence-corrected chi connectivity index (χ1v) is 10.9. The van der Waals surface area contributed by atoms with E-state index in [9.17, 15) is 0 Å². The number of thioether (sulfide) groups is 1. The number of anilines is 1. The zero-order chi connectivity index (χ0) is 18.9. The van der Waals surface area contributed by atoms with Gasteiger partial charge < -0.3 is 9.64 Å². The first-order chi connectivity index (χ1) is 13.8. The van der Waals surface area contributed by atoms with Crippen molar-refractivity contribution in [2.75, 3.05) is 37.0 Å². The van der Waals surface area contributed by atoms with Crippen molar-refractivity contribution in [2.45, 2.75) is 11.3 Å². The van der Waals surface area contributed by atoms with Gasteiger partial charge in [0.05, 0.1) is 18.9 Å². The van der Waals surface area contributed by atoms with Crippen LogP contribution in [0.5, 0.6) is 0 Å². The van der Waals surface area contributed by atoms with Gasteiger partial charge in [-0.3, -0.25) is 0 Å². The molecule has 0 spiro atoms. The maximum Gasteiger partial charge on any atom is 0.162 e. The number of ether oxygens (including phenoxy) is 1. The van der Waals surface area contributed by atoms with Crippen molar-refractivity contribution in [1.29, 1.82) is 0 Å². The minimum absolute atomic E-state index is 0.716. The summed E-state index contributed by atoms with van der Waals surface area (Å²) in [5.41, 5.74) is 4.49. The molecular weight excluding hydrogens is 390 g/mol. The fraction of sp³-hybridized carbons (Fsp3) is 0.273. The molecule has 2 aliphatic rings. The second-order valence-corrected chi connectivity index (χ2v) is 8.47. The molecule has 1 saturated heterocycles. The first-order valence-electron chi connectivity index (χ1n) is 9.51. The van der Waals surface area contributed by atoms with Gasteiger partial charge in [0.2, 0.25) is 0 Å². The Morgan fingerprint density at radius 3 is 2.57 bits per heavy atom. The lowest BCUT2D eigenvalue weighted by Gasteiger charge is -2.30. The van der Waals surface area contributed by atoms with Crippen LogP contribution in [0.1, 0.15) is 5.56 Å². The summed E-state index contributed by atoms with van der Waals surface area (Å²) in [7, 11) is 0. The number of morpholine rings is 1. The average Bonchev–Trinajstić information content (AvgIpc) is 2.94. The number of fused-ring (bicyclic) bond motifs is 3. The Hall–Kier alpha value is -2.08. The topological polar surface area (TPSA) is 38.2 Å². The third kappa shape index (κ3) is 3.39. The van der Waals surface area contributed by atoms with E-state index in [0.717, 1.165) is 61.4 Å². The van der Waals surface area contributed by atoms with E-state index in [1.807, 2.05) is 36.0 Å². The molecule has 1 aromatic heterocycles. The summed E-state index contributed by atoms with van der Waals surface area (Å²) in [5.74, 6) is 2.83. The monoisotopic (exact) mass is 409 g/mol. The lowest BCUT2D eigenvalue weighted by molar-refractivity contribution is 0.122. The van der Waals surface area contributed by atoms with Crippen molar-refractivity contribution in [3.8, 4) is 22.6 Å². The molecule has 2 aromatic carbocycles. The second-order valence-electron chi connectivity index (χ2n) is 6.90. The molecule has 0 amide bonds. The minimum Gasteiger partial charge on any atom is -0.378 e. The Bertz CT molecular complexity index is 1000. The van der Waals surface area contributed by atoms with Crippen molar-refractivity contribution in [2.24, 2.45) is 0 Å². The molecule has 5 rings (SSSR count). The minimum atomic E-state index is 0.716. The Morgan fingerprint density at radius 2 is 1.75 bits per heavy atom. The third-order valence-electron chi connectivity index (χ3n) is 5.15. The lowest BCUT2D eigenvalue weighted by Crippen LogP contribution is -2.37. The number of hydrogen-bond donors (Lipinski definition) is 0. The summed E-state index contributed by atoms with van der Waals surface area (Å²) in [6.45, 7) is 3.19. The maximum atomic E-state index is 6.09. The third-order valence-corrected chi connectivity index (χ3v) is 6.48. The lowest BCUT2D eigenvalue weighted by atomic mass is 10.0. The van der Waals surface area contributed by atoms with E-state index in [1.165, 1.54) is 16.0 Å². The highest BCUT2D eigenvalue weighted by molar-refractivity contribution is 7.99. The molecule has 0 atom stereocenters. The van der Waals surface area contributed by atoms with Gasteiger partial charge in [-0.25, -0.2) is 9.97 Å². The molecule has 3 aromatic rings. The summed E-state index contributed by atoms with van der Waals surface area (Å²) >= 11 is 7.99. The predicted octanol–water partition coefficient (Wildman–Crippen LogP) is 4.95. The largest absolute Gasteiger partial charge is 0.378 e. The van der Waals surface area contributed by atoms with Gasteiger partial charge in [-0.1, -0.05) is 29.8 Å². The van der Waals surface area contributed by atoms with E-state index in [2.05, 4.69) is 29.2 Å². The van der Waals surface area contributed by atoms with Gasteiger partial charge in [0, 0.05) is 45.5 Å². The summed E-state index contributed by atoms with van der Waals surface area (Å²) in [4.78, 5) is 13.7. The zero-order valence-corrected chi connectivity index (χ0v) is 17.0. The van der Waals surface area contributed by atoms with Gasteiger partial charge in [0.25, 0.3) is 0 Å². The number of benzene rings is 2. The summed E-state index contributed by atoms with van der Waals surface area (Å²) in [6.07, 6.45) is 0.961. The molecule has 2 aliphatic heterocycles. The first kappa shape index (κ1) is 18.0. The normalized spacial score (nSPS) is 16.2. The van der Waals surface area contributed by atoms with Crippen molar-refractivity contribution < 1.29 is 4.74 Å². The van der Waals surface area contributed by atoms with E-state index in [1.54, 1.807) is 0 Å². The molecule has 0 radical (unpaired) electrons. The number of hydrogen-bond acceptors (Lipinski definition) is 5. The Kier molecular flexibility index (Phi) is 4.97. The molecule has 28 heavy (non-hydrogen) atoms. The fourth-order valence-electron chi connectivity index (χ4n) is 3.74. The van der Waals surface area contributed by atoms with Crippen LogP contribution < -0.4 is 4.90 Å². The standard InChI is InChI=1S/C22H20ClN3OS/c23-16-7-5-15(6-8-16)21-24-20-17-3-1-2-4-19(17)28-14-9-18(20)22(25-21)26-10-12-27-13-11-26/h1-8H,9-14H2. The molecule has 142 valence electrons. The SMILES string of the molecule is Clc1ccc(-c2nc3c(c(N4CCOCC4)n2)CCSc2ccccc2-3)cc1. The highest BCUT2D eigenvalue weighted by Crippen LogP contribution is 2.40. The number of nitrogens with zero attached hydrogens (tertiary/aromatic N) is 3. The van der Waals surface area contributed by atoms with E-state index < -0.39 is 0 Å². The highest BCUT2D eigenvalue weighted by atomic mass is 35.5. The highest BCUT2D eigenvalue weighted by Gasteiger charge is 2.25. The smallest absolute Gasteiger partial charge is 0.162 e. The number of rotatable bonds is 2. The molecule has 0 bridgehead atoms. The van der Waals surface area contributed by atoms with Crippen LogP contribution >= 0.6 is 23.4 Å². The van der Waals surface area contributed by atoms with Crippen LogP contribution in [-0.4, -0.2) is 42.0 Å². The quantitative estimate of drug-likeness (QED) is 0.598. The van der Waals surface area contributed by atoms with Crippen molar-refractivity contribution in [3.05, 3.63) is 59.1 Å². The van der Waals surface area contributed by atoms with Crippen LogP contribution in [0.15, 0.2) is 53.4 Å². The van der Waals surface area contributed by atoms with Gasteiger partial charge >= 0.3 is 0 Å². The van der Waals surface area contributed by atoms with E-state index >= 15 is 0 Å². The molecule has 0 unspecified atom stereocenters. The summed E-state index contributed by atoms with van der Waals surface area (Å²) in [5, 5.41) is 0.716. The van der Waals surface area contributed by atoms with Crippen LogP contribution in [0.25, 0.3) is 22.6 Å². The van der Waals surface area contributed by atoms with Gasteiger partial charge in [-0.2, -0.15) is 0 Å². The Labute approximate surface area is 173 Å². The van der Waals surface area contributed by atoms with E-state index in [0.29, 0.717) is 5.02 Å². The molecule has 4 nitrogen and oxygen atoms in total. The summed E-state index contributed by atoms with van der Waals surface area (Å²) < 4.78 is 5.57. The molecule has 1 fully saturated rings. The number of halogens is 1. The molecule has 3 heterocycles. The predicted molar refractivity (Wildman–Crippen MR) is 115 cm³/mol. The molecule has 6 heteroatoms. The zero-order valence-electron chi connectivity index (χ0n) is 15.4. The van der Waals surface area contributed by atoms with E-state index in [-0.39, 0.29) is 0 Å². The van der Waals surface area contributed by atoms with Gasteiger partial charge in [-0.15, -0.1) is 11.8 Å². The van der Waals surface area contributed by atoms with Crippen LogP contribution in [0, 0.1) is 0 Å². The van der Waals surface area contributed by atoms with E-state index in [4.69, 9.17) is 26.3 Å². The van der Waals surface area contributed by atoms with Crippen molar-refractivity contribution in [3.63, 3.8) is 0 Å². The maximum absolute atomic E-state index is 6.09. The van der Waals surface area contributed by atoms with Crippen molar-refractivity contribution in [1.82, 2.24) is 9.97 Å². The molecule has 0 aliphatic carbocycles. The molecule has 0 saturated carbocycles. The Balaban J connectivity index is 1.73. The second kappa shape index (κ2) is 7.74. The van der Waals surface area contributed by atoms with Crippen LogP contribution in [-0.2, 0) is 11.2 Å². The van der Waals surface area contributed by atoms with Crippen molar-refractivity contribution >= 4 is 29.2 Å². The average molecular weight is 410 g/mol.